The average molecular weight is 209 g/mol. The number of rotatable bonds is 5. The minimum atomic E-state index is 0.171. The van der Waals surface area contributed by atoms with E-state index in [1.165, 1.54) is 5.56 Å². The Balaban J connectivity index is 2.07. The predicted molar refractivity (Wildman–Crippen MR) is 58.1 cm³/mol. The van der Waals surface area contributed by atoms with Gasteiger partial charge in [-0.1, -0.05) is 13.8 Å². The Morgan fingerprint density at radius 3 is 2.87 bits per heavy atom. The van der Waals surface area contributed by atoms with Crippen molar-refractivity contribution in [3.05, 3.63) is 18.0 Å². The van der Waals surface area contributed by atoms with Crippen molar-refractivity contribution in [1.82, 2.24) is 9.78 Å². The molecular weight excluding hydrogens is 190 g/mol. The molecule has 0 bridgehead atoms. The van der Waals surface area contributed by atoms with Gasteiger partial charge < -0.3 is 4.84 Å². The number of hydrogen-bond acceptors (Lipinski definition) is 3. The first-order valence-electron chi connectivity index (χ1n) is 5.51. The van der Waals surface area contributed by atoms with E-state index >= 15 is 0 Å². The Labute approximate surface area is 90.4 Å². The van der Waals surface area contributed by atoms with Crippen molar-refractivity contribution < 1.29 is 4.84 Å². The van der Waals surface area contributed by atoms with E-state index in [1.807, 2.05) is 10.9 Å². The largest absolute Gasteiger partial charge is 0.304 e. The molecule has 1 heterocycles. The molecule has 4 heteroatoms. The minimum absolute atomic E-state index is 0.171. The number of nitrogens with zero attached hydrogens (tertiary/aromatic N) is 2. The van der Waals surface area contributed by atoms with Gasteiger partial charge in [0.2, 0.25) is 0 Å². The van der Waals surface area contributed by atoms with Gasteiger partial charge in [-0.05, 0) is 24.3 Å². The van der Waals surface area contributed by atoms with Crippen LogP contribution in [-0.4, -0.2) is 16.4 Å². The van der Waals surface area contributed by atoms with Gasteiger partial charge in [0.1, 0.15) is 0 Å². The molecule has 0 radical (unpaired) electrons. The van der Waals surface area contributed by atoms with Crippen molar-refractivity contribution in [2.75, 3.05) is 6.61 Å². The zero-order chi connectivity index (χ0) is 10.9. The molecular formula is C11H19N3O. The second-order valence-electron chi connectivity index (χ2n) is 4.94. The van der Waals surface area contributed by atoms with Gasteiger partial charge in [-0.15, -0.1) is 0 Å². The number of aromatic nitrogens is 2. The van der Waals surface area contributed by atoms with Crippen LogP contribution in [0.2, 0.25) is 0 Å². The summed E-state index contributed by atoms with van der Waals surface area (Å²) in [6, 6.07) is 0. The highest BCUT2D eigenvalue weighted by atomic mass is 16.6. The van der Waals surface area contributed by atoms with E-state index in [1.54, 1.807) is 0 Å². The van der Waals surface area contributed by atoms with Crippen molar-refractivity contribution >= 4 is 0 Å². The van der Waals surface area contributed by atoms with Crippen molar-refractivity contribution in [1.29, 1.82) is 0 Å². The average Bonchev–Trinajstić information content (AvgIpc) is 2.79. The van der Waals surface area contributed by atoms with E-state index in [0.29, 0.717) is 12.5 Å². The summed E-state index contributed by atoms with van der Waals surface area (Å²) in [5.74, 6) is 5.78. The first kappa shape index (κ1) is 10.6. The summed E-state index contributed by atoms with van der Waals surface area (Å²) in [5.41, 5.74) is 1.44. The molecule has 2 N–H and O–H groups in total. The lowest BCUT2D eigenvalue weighted by atomic mass is 10.0. The van der Waals surface area contributed by atoms with Crippen LogP contribution in [0.5, 0.6) is 0 Å². The molecule has 84 valence electrons. The van der Waals surface area contributed by atoms with Gasteiger partial charge in [0.15, 0.2) is 0 Å². The maximum Gasteiger partial charge on any atom is 0.0777 e. The SMILES string of the molecule is CC(C)Cn1cc(C2(CON)CC2)cn1. The summed E-state index contributed by atoms with van der Waals surface area (Å²) in [5, 5.41) is 4.37. The van der Waals surface area contributed by atoms with E-state index in [2.05, 4.69) is 25.1 Å². The molecule has 4 nitrogen and oxygen atoms in total. The van der Waals surface area contributed by atoms with E-state index < -0.39 is 0 Å². The van der Waals surface area contributed by atoms with Crippen LogP contribution in [0.15, 0.2) is 12.4 Å². The molecule has 0 saturated heterocycles. The molecule has 2 rings (SSSR count). The molecule has 15 heavy (non-hydrogen) atoms. The first-order chi connectivity index (χ1) is 7.16. The van der Waals surface area contributed by atoms with Gasteiger partial charge in [0.05, 0.1) is 12.8 Å². The van der Waals surface area contributed by atoms with Crippen LogP contribution in [0.3, 0.4) is 0 Å². The fourth-order valence-electron chi connectivity index (χ4n) is 1.94. The lowest BCUT2D eigenvalue weighted by Crippen LogP contribution is -2.17. The van der Waals surface area contributed by atoms with Crippen LogP contribution in [0.1, 0.15) is 32.3 Å². The van der Waals surface area contributed by atoms with Crippen LogP contribution >= 0.6 is 0 Å². The Bertz CT molecular complexity index is 328. The maximum absolute atomic E-state index is 5.15. The van der Waals surface area contributed by atoms with Gasteiger partial charge in [-0.25, -0.2) is 5.90 Å². The molecule has 1 aliphatic carbocycles. The van der Waals surface area contributed by atoms with Gasteiger partial charge in [0.25, 0.3) is 0 Å². The van der Waals surface area contributed by atoms with E-state index in [0.717, 1.165) is 19.4 Å². The molecule has 1 aromatic rings. The van der Waals surface area contributed by atoms with Gasteiger partial charge >= 0.3 is 0 Å². The second kappa shape index (κ2) is 3.94. The van der Waals surface area contributed by atoms with Crippen LogP contribution in [0.4, 0.5) is 0 Å². The fraction of sp³-hybridized carbons (Fsp3) is 0.727. The third-order valence-electron chi connectivity index (χ3n) is 3.01. The van der Waals surface area contributed by atoms with Crippen molar-refractivity contribution in [3.8, 4) is 0 Å². The smallest absolute Gasteiger partial charge is 0.0777 e. The van der Waals surface area contributed by atoms with Crippen LogP contribution in [0.25, 0.3) is 0 Å². The molecule has 1 aromatic heterocycles. The van der Waals surface area contributed by atoms with Gasteiger partial charge in [0, 0.05) is 18.2 Å². The minimum Gasteiger partial charge on any atom is -0.304 e. The quantitative estimate of drug-likeness (QED) is 0.747. The molecule has 1 saturated carbocycles. The highest BCUT2D eigenvalue weighted by Crippen LogP contribution is 2.47. The van der Waals surface area contributed by atoms with Crippen molar-refractivity contribution in [2.45, 2.75) is 38.6 Å². The zero-order valence-electron chi connectivity index (χ0n) is 9.44. The normalized spacial score (nSPS) is 18.4. The summed E-state index contributed by atoms with van der Waals surface area (Å²) in [7, 11) is 0. The lowest BCUT2D eigenvalue weighted by Gasteiger charge is -2.10. The molecule has 0 unspecified atom stereocenters. The molecule has 0 aliphatic heterocycles. The summed E-state index contributed by atoms with van der Waals surface area (Å²) in [4.78, 5) is 4.78. The molecule has 0 spiro atoms. The summed E-state index contributed by atoms with van der Waals surface area (Å²) >= 11 is 0. The van der Waals surface area contributed by atoms with Crippen LogP contribution in [0, 0.1) is 5.92 Å². The van der Waals surface area contributed by atoms with E-state index in [-0.39, 0.29) is 5.41 Å². The Kier molecular flexibility index (Phi) is 2.80. The van der Waals surface area contributed by atoms with Crippen molar-refractivity contribution in [2.24, 2.45) is 11.8 Å². The third-order valence-corrected chi connectivity index (χ3v) is 3.01. The van der Waals surface area contributed by atoms with E-state index in [4.69, 9.17) is 10.7 Å². The summed E-state index contributed by atoms with van der Waals surface area (Å²) in [6.07, 6.45) is 6.41. The predicted octanol–water partition coefficient (Wildman–Crippen LogP) is 1.46. The second-order valence-corrected chi connectivity index (χ2v) is 4.94. The van der Waals surface area contributed by atoms with E-state index in [9.17, 15) is 0 Å². The highest BCUT2D eigenvalue weighted by Gasteiger charge is 2.45. The Hall–Kier alpha value is -0.870. The van der Waals surface area contributed by atoms with Crippen molar-refractivity contribution in [3.63, 3.8) is 0 Å². The zero-order valence-corrected chi connectivity index (χ0v) is 9.44. The molecule has 0 amide bonds. The molecule has 0 aromatic carbocycles. The highest BCUT2D eigenvalue weighted by molar-refractivity contribution is 5.27. The standard InChI is InChI=1S/C11H19N3O/c1-9(2)6-14-7-10(5-13-14)11(3-4-11)8-15-12/h5,7,9H,3-4,6,8,12H2,1-2H3. The van der Waals surface area contributed by atoms with Crippen LogP contribution in [-0.2, 0) is 16.8 Å². The third kappa shape index (κ3) is 2.21. The fourth-order valence-corrected chi connectivity index (χ4v) is 1.94. The number of hydrogen-bond donors (Lipinski definition) is 1. The molecule has 1 fully saturated rings. The van der Waals surface area contributed by atoms with Gasteiger partial charge in [-0.2, -0.15) is 5.10 Å². The summed E-state index contributed by atoms with van der Waals surface area (Å²) in [6.45, 7) is 5.97. The molecule has 1 aliphatic rings. The Morgan fingerprint density at radius 1 is 1.60 bits per heavy atom. The van der Waals surface area contributed by atoms with Crippen LogP contribution < -0.4 is 5.90 Å². The maximum atomic E-state index is 5.15. The lowest BCUT2D eigenvalue weighted by molar-refractivity contribution is 0.116. The first-order valence-corrected chi connectivity index (χ1v) is 5.51. The molecule has 0 atom stereocenters. The Morgan fingerprint density at radius 2 is 2.33 bits per heavy atom. The number of nitrogens with two attached hydrogens (primary N) is 1. The van der Waals surface area contributed by atoms with Gasteiger partial charge in [-0.3, -0.25) is 4.68 Å². The summed E-state index contributed by atoms with van der Waals surface area (Å²) < 4.78 is 2.01. The topological polar surface area (TPSA) is 53.1 Å². The monoisotopic (exact) mass is 209 g/mol.